The molecule has 0 fully saturated rings. The molecule has 244 valence electrons. The smallest absolute Gasteiger partial charge is 0.748 e. The maximum atomic E-state index is 12.0. The predicted octanol–water partition coefficient (Wildman–Crippen LogP) is 2.27. The van der Waals surface area contributed by atoms with Crippen LogP contribution in [0.4, 0.5) is 11.4 Å². The van der Waals surface area contributed by atoms with Crippen molar-refractivity contribution < 1.29 is 56.9 Å². The second kappa shape index (κ2) is 13.8. The van der Waals surface area contributed by atoms with Crippen LogP contribution in [0.2, 0.25) is 0 Å². The van der Waals surface area contributed by atoms with E-state index in [1.165, 1.54) is 5.56 Å². The molecular weight excluding hydrogens is 613 g/mol. The summed E-state index contributed by atoms with van der Waals surface area (Å²) in [6.07, 6.45) is 4.90. The van der Waals surface area contributed by atoms with Crippen molar-refractivity contribution in [3.63, 3.8) is 0 Å². The summed E-state index contributed by atoms with van der Waals surface area (Å²) >= 11 is 0. The number of Topliss-reactive ketones (excluding diaryl/α,β-unsaturated/α-hetero) is 2. The van der Waals surface area contributed by atoms with Gasteiger partial charge in [-0.1, -0.05) is 6.92 Å². The van der Waals surface area contributed by atoms with Gasteiger partial charge in [0.15, 0.2) is 17.0 Å². The van der Waals surface area contributed by atoms with Crippen molar-refractivity contribution in [2.75, 3.05) is 23.7 Å². The molecule has 3 aliphatic heterocycles. The van der Waals surface area contributed by atoms with E-state index >= 15 is 0 Å². The van der Waals surface area contributed by atoms with Crippen LogP contribution >= 0.6 is 0 Å². The minimum absolute atomic E-state index is 0. The fraction of sp³-hybridized carbons (Fsp3) is 0.600. The van der Waals surface area contributed by atoms with E-state index in [1.807, 2.05) is 26.0 Å². The summed E-state index contributed by atoms with van der Waals surface area (Å²) in [5.41, 5.74) is 2.88. The topological polar surface area (TPSA) is 119 Å². The van der Waals surface area contributed by atoms with E-state index in [9.17, 15) is 22.6 Å². The second-order valence-electron chi connectivity index (χ2n) is 14.4. The summed E-state index contributed by atoms with van der Waals surface area (Å²) < 4.78 is 45.0. The molecule has 9 nitrogen and oxygen atoms in total. The Hall–Kier alpha value is -2.11. The van der Waals surface area contributed by atoms with E-state index in [2.05, 4.69) is 42.4 Å². The van der Waals surface area contributed by atoms with Crippen molar-refractivity contribution in [2.45, 2.75) is 116 Å². The zero-order chi connectivity index (χ0) is 32.9. The van der Waals surface area contributed by atoms with Gasteiger partial charge in [0.05, 0.1) is 16.2 Å². The van der Waals surface area contributed by atoms with E-state index in [1.54, 1.807) is 13.8 Å². The third-order valence-corrected chi connectivity index (χ3v) is 10.6. The molecule has 2 atom stereocenters. The number of rotatable bonds is 11. The Morgan fingerprint density at radius 1 is 0.978 bits per heavy atom. The van der Waals surface area contributed by atoms with Crippen LogP contribution in [0.5, 0.6) is 11.5 Å². The molecule has 0 spiro atoms. The Kier molecular flexibility index (Phi) is 11.0. The van der Waals surface area contributed by atoms with Crippen LogP contribution in [0.3, 0.4) is 0 Å². The van der Waals surface area contributed by atoms with Crippen LogP contribution in [-0.4, -0.2) is 54.5 Å². The zero-order valence-corrected chi connectivity index (χ0v) is 31.6. The number of carbonyl (C=O) groups excluding carboxylic acids is 2. The largest absolute Gasteiger partial charge is 1.00 e. The summed E-state index contributed by atoms with van der Waals surface area (Å²) in [6, 6.07) is 8.05. The summed E-state index contributed by atoms with van der Waals surface area (Å²) in [4.78, 5) is 30.7. The Labute approximate surface area is 295 Å². The summed E-state index contributed by atoms with van der Waals surface area (Å²) in [6.45, 7) is 15.4. The fourth-order valence-electron chi connectivity index (χ4n) is 7.73. The Morgan fingerprint density at radius 2 is 1.65 bits per heavy atom. The quantitative estimate of drug-likeness (QED) is 0.176. The van der Waals surface area contributed by atoms with Gasteiger partial charge in [0.25, 0.3) is 0 Å². The molecule has 0 amide bonds. The van der Waals surface area contributed by atoms with Crippen LogP contribution in [0, 0.1) is 0 Å². The second-order valence-corrected chi connectivity index (χ2v) is 15.9. The fourth-order valence-corrected chi connectivity index (χ4v) is 8.52. The number of carbonyl (C=O) groups is 2. The van der Waals surface area contributed by atoms with E-state index < -0.39 is 27.3 Å². The van der Waals surface area contributed by atoms with Gasteiger partial charge in [-0.25, -0.2) is 18.0 Å². The molecule has 0 bridgehead atoms. The maximum Gasteiger partial charge on any atom is 1.00 e. The van der Waals surface area contributed by atoms with Gasteiger partial charge < -0.3 is 23.8 Å². The number of hydrogen-bond donors (Lipinski definition) is 0. The number of hydrogen-bond acceptors (Lipinski definition) is 8. The molecule has 0 N–H and O–H groups in total. The monoisotopic (exact) mass is 660 g/mol. The molecule has 2 aromatic carbocycles. The molecule has 46 heavy (non-hydrogen) atoms. The molecule has 3 heterocycles. The zero-order valence-electron chi connectivity index (χ0n) is 28.7. The van der Waals surface area contributed by atoms with Gasteiger partial charge >= 0.3 is 29.6 Å². The summed E-state index contributed by atoms with van der Waals surface area (Å²) in [7, 11) is -4.48. The molecule has 2 aromatic rings. The minimum Gasteiger partial charge on any atom is -0.748 e. The van der Waals surface area contributed by atoms with E-state index in [-0.39, 0.29) is 46.7 Å². The third kappa shape index (κ3) is 7.78. The first kappa shape index (κ1) is 36.7. The van der Waals surface area contributed by atoms with Crippen LogP contribution in [0.15, 0.2) is 29.3 Å². The number of fused-ring (bicyclic) bond motifs is 4. The van der Waals surface area contributed by atoms with Crippen molar-refractivity contribution in [1.29, 1.82) is 0 Å². The SMILES string of the molecule is CCC1CC(C)(C)[N+](CCCC(C)=O)=c2cc3c(cc21)=Nc1cc2c(cc1O3)N(CCCC(C)=O)C(C)(C)CC2CS(=O)(=O)[O-].[Na+]. The average Bonchev–Trinajstić information content (AvgIpc) is 2.91. The Balaban J connectivity index is 0.00000480. The molecule has 11 heteroatoms. The van der Waals surface area contributed by atoms with Crippen LogP contribution < -0.4 is 54.5 Å². The molecule has 0 saturated heterocycles. The average molecular weight is 661 g/mol. The van der Waals surface area contributed by atoms with Gasteiger partial charge in [0.1, 0.15) is 29.2 Å². The molecule has 0 aromatic heterocycles. The minimum atomic E-state index is -4.48. The first-order valence-electron chi connectivity index (χ1n) is 16.2. The maximum absolute atomic E-state index is 12.0. The van der Waals surface area contributed by atoms with Crippen LogP contribution in [0.25, 0.3) is 0 Å². The molecule has 0 saturated carbocycles. The van der Waals surface area contributed by atoms with Crippen LogP contribution in [-0.2, 0) is 19.7 Å². The van der Waals surface area contributed by atoms with Gasteiger partial charge in [-0.15, -0.1) is 0 Å². The van der Waals surface area contributed by atoms with Crippen molar-refractivity contribution in [2.24, 2.45) is 4.99 Å². The van der Waals surface area contributed by atoms with Crippen molar-refractivity contribution in [3.05, 3.63) is 46.1 Å². The number of anilines is 1. The van der Waals surface area contributed by atoms with E-state index in [0.717, 1.165) is 47.8 Å². The van der Waals surface area contributed by atoms with Gasteiger partial charge in [-0.3, -0.25) is 0 Å². The third-order valence-electron chi connectivity index (χ3n) is 9.81. The van der Waals surface area contributed by atoms with Gasteiger partial charge in [0, 0.05) is 66.8 Å². The molecule has 0 radical (unpaired) electrons. The van der Waals surface area contributed by atoms with Crippen molar-refractivity contribution >= 4 is 33.1 Å². The number of nitrogens with zero attached hydrogens (tertiary/aromatic N) is 3. The number of ketones is 2. The molecule has 3 aliphatic rings. The standard InChI is InChI=1S/C35H47N3O6S.Na/c1-8-24-19-34(4,5)37(13-9-11-22(2)39)30-17-32-28(15-26(24)30)36-29-16-27-25(21-45(41,42)43)20-35(6,7)38(14-10-12-23(3)40)31(27)18-33(29)44-32;/h15-18,24-25H,8-14,19-21H2,1-7H3;/q;+1. The molecule has 2 unspecified atom stereocenters. The van der Waals surface area contributed by atoms with Gasteiger partial charge in [0.2, 0.25) is 5.36 Å². The van der Waals surface area contributed by atoms with Crippen LogP contribution in [0.1, 0.15) is 116 Å². The van der Waals surface area contributed by atoms with E-state index in [0.29, 0.717) is 55.3 Å². The van der Waals surface area contributed by atoms with E-state index in [4.69, 9.17) is 9.73 Å². The van der Waals surface area contributed by atoms with Gasteiger partial charge in [-0.05, 0) is 84.4 Å². The summed E-state index contributed by atoms with van der Waals surface area (Å²) in [5.74, 6) is 0.923. The Bertz CT molecular complexity index is 1770. The number of benzene rings is 2. The number of ether oxygens (including phenoxy) is 1. The predicted molar refractivity (Wildman–Crippen MR) is 174 cm³/mol. The first-order valence-corrected chi connectivity index (χ1v) is 17.8. The van der Waals surface area contributed by atoms with Crippen molar-refractivity contribution in [1.82, 2.24) is 4.58 Å². The normalized spacial score (nSPS) is 20.6. The van der Waals surface area contributed by atoms with Gasteiger partial charge in [-0.2, -0.15) is 0 Å². The summed E-state index contributed by atoms with van der Waals surface area (Å²) in [5, 5.41) is 1.84. The molecular formula is C35H47N3NaO6S+. The van der Waals surface area contributed by atoms with Crippen molar-refractivity contribution in [3.8, 4) is 11.5 Å². The Morgan fingerprint density at radius 3 is 2.28 bits per heavy atom. The molecule has 0 aliphatic carbocycles. The molecule has 5 rings (SSSR count). The first-order chi connectivity index (χ1) is 21.0.